The zero-order valence-corrected chi connectivity index (χ0v) is 12.4. The molecule has 1 aromatic carbocycles. The molecule has 0 saturated heterocycles. The van der Waals surface area contributed by atoms with Crippen LogP contribution in [0.1, 0.15) is 49.5 Å². The molecule has 2 rings (SSSR count). The molecular weight excluding hydrogens is 263 g/mol. The number of carbonyl (C=O) groups excluding carboxylic acids is 1. The number of fused-ring (bicyclic) bond motifs is 1. The Hall–Kier alpha value is -1.12. The Balaban J connectivity index is 2.70. The lowest BCUT2D eigenvalue weighted by Gasteiger charge is -2.41. The molecule has 5 heteroatoms. The first-order valence-electron chi connectivity index (χ1n) is 6.62. The fourth-order valence-electron chi connectivity index (χ4n) is 2.80. The van der Waals surface area contributed by atoms with Crippen LogP contribution < -0.4 is 0 Å². The Morgan fingerprint density at radius 1 is 1.21 bits per heavy atom. The van der Waals surface area contributed by atoms with Crippen molar-refractivity contribution in [3.8, 4) is 0 Å². The van der Waals surface area contributed by atoms with Crippen molar-refractivity contribution in [1.82, 2.24) is 0 Å². The van der Waals surface area contributed by atoms with Crippen LogP contribution in [0.3, 0.4) is 0 Å². The van der Waals surface area contributed by atoms with Gasteiger partial charge in [-0.05, 0) is 31.4 Å². The first-order valence-corrected chi connectivity index (χ1v) is 8.17. The maximum atomic E-state index is 13.1. The Morgan fingerprint density at radius 2 is 1.84 bits per heavy atom. The van der Waals surface area contributed by atoms with Gasteiger partial charge in [-0.3, -0.25) is 4.52 Å². The van der Waals surface area contributed by atoms with Gasteiger partial charge in [-0.15, -0.1) is 0 Å². The molecule has 0 aliphatic carbocycles. The highest BCUT2D eigenvalue weighted by molar-refractivity contribution is 7.56. The summed E-state index contributed by atoms with van der Waals surface area (Å²) in [7, 11) is -3.49. The predicted octanol–water partition coefficient (Wildman–Crippen LogP) is 4.10. The van der Waals surface area contributed by atoms with Gasteiger partial charge >= 0.3 is 13.6 Å². The van der Waals surface area contributed by atoms with Crippen LogP contribution in [0.25, 0.3) is 0 Å². The zero-order chi connectivity index (χ0) is 14.1. The highest BCUT2D eigenvalue weighted by Gasteiger charge is 2.56. The molecule has 0 radical (unpaired) electrons. The average Bonchev–Trinajstić information content (AvgIpc) is 2.40. The zero-order valence-electron chi connectivity index (χ0n) is 11.5. The van der Waals surface area contributed by atoms with Crippen LogP contribution in [-0.4, -0.2) is 12.6 Å². The van der Waals surface area contributed by atoms with Gasteiger partial charge < -0.3 is 4.52 Å². The monoisotopic (exact) mass is 282 g/mol. The van der Waals surface area contributed by atoms with E-state index in [2.05, 4.69) is 0 Å². The van der Waals surface area contributed by atoms with Crippen LogP contribution in [0, 0.1) is 0 Å². The fourth-order valence-corrected chi connectivity index (χ4v) is 5.19. The topological polar surface area (TPSA) is 52.6 Å². The molecule has 19 heavy (non-hydrogen) atoms. The van der Waals surface area contributed by atoms with Gasteiger partial charge in [0.2, 0.25) is 0 Å². The van der Waals surface area contributed by atoms with Crippen molar-refractivity contribution in [2.45, 2.75) is 38.8 Å². The van der Waals surface area contributed by atoms with Crippen molar-refractivity contribution in [3.05, 3.63) is 35.4 Å². The second kappa shape index (κ2) is 5.10. The molecule has 1 aromatic rings. The summed E-state index contributed by atoms with van der Waals surface area (Å²) in [4.78, 5) is 12.0. The first-order chi connectivity index (χ1) is 9.04. The maximum absolute atomic E-state index is 13.1. The van der Waals surface area contributed by atoms with Gasteiger partial charge in [-0.25, -0.2) is 9.36 Å². The third-order valence-electron chi connectivity index (χ3n) is 3.84. The van der Waals surface area contributed by atoms with Gasteiger partial charge in [0.15, 0.2) is 0 Å². The number of hydrogen-bond acceptors (Lipinski definition) is 4. The van der Waals surface area contributed by atoms with Gasteiger partial charge in [-0.2, -0.15) is 0 Å². The molecule has 0 fully saturated rings. The summed E-state index contributed by atoms with van der Waals surface area (Å²) in [6.07, 6.45) is 1.20. The Bertz CT molecular complexity index is 534. The summed E-state index contributed by atoms with van der Waals surface area (Å²) >= 11 is 0. The molecule has 0 bridgehead atoms. The van der Waals surface area contributed by atoms with Crippen molar-refractivity contribution in [3.63, 3.8) is 0 Å². The molecule has 1 aliphatic rings. The summed E-state index contributed by atoms with van der Waals surface area (Å²) in [5.74, 6) is -0.551. The number of rotatable bonds is 4. The van der Waals surface area contributed by atoms with Gasteiger partial charge in [0.1, 0.15) is 5.16 Å². The summed E-state index contributed by atoms with van der Waals surface area (Å²) in [6, 6.07) is 7.21. The predicted molar refractivity (Wildman–Crippen MR) is 73.4 cm³/mol. The molecular formula is C14H19O4P. The van der Waals surface area contributed by atoms with E-state index in [-0.39, 0.29) is 6.61 Å². The Kier molecular flexibility index (Phi) is 3.84. The van der Waals surface area contributed by atoms with E-state index < -0.39 is 18.7 Å². The standard InChI is InChI=1S/C14H19O4P/c1-4-14(5-2)12-10-8-7-9-11(12)13(15)18-19(14,16)17-6-3/h7-10H,4-6H2,1-3H3. The third kappa shape index (κ3) is 1.94. The van der Waals surface area contributed by atoms with Crippen molar-refractivity contribution in [2.24, 2.45) is 0 Å². The molecule has 0 amide bonds. The van der Waals surface area contributed by atoms with Crippen molar-refractivity contribution in [2.75, 3.05) is 6.61 Å². The summed E-state index contributed by atoms with van der Waals surface area (Å²) < 4.78 is 23.7. The van der Waals surface area contributed by atoms with Crippen molar-refractivity contribution < 1.29 is 18.4 Å². The van der Waals surface area contributed by atoms with Gasteiger partial charge in [0.05, 0.1) is 12.2 Å². The highest BCUT2D eigenvalue weighted by Crippen LogP contribution is 2.70. The molecule has 0 aromatic heterocycles. The van der Waals surface area contributed by atoms with Gasteiger partial charge in [-0.1, -0.05) is 32.0 Å². The molecule has 0 spiro atoms. The Labute approximate surface area is 113 Å². The Morgan fingerprint density at radius 3 is 2.42 bits per heavy atom. The fraction of sp³-hybridized carbons (Fsp3) is 0.500. The van der Waals surface area contributed by atoms with Gasteiger partial charge in [0.25, 0.3) is 0 Å². The quantitative estimate of drug-likeness (QED) is 0.780. The maximum Gasteiger partial charge on any atom is 0.392 e. The van der Waals surface area contributed by atoms with Crippen LogP contribution in [0.4, 0.5) is 0 Å². The number of carbonyl (C=O) groups is 1. The van der Waals surface area contributed by atoms with E-state index in [4.69, 9.17) is 9.05 Å². The largest absolute Gasteiger partial charge is 0.392 e. The van der Waals surface area contributed by atoms with Crippen molar-refractivity contribution >= 4 is 13.6 Å². The minimum absolute atomic E-state index is 0.258. The lowest BCUT2D eigenvalue weighted by atomic mass is 9.89. The van der Waals surface area contributed by atoms with E-state index in [1.165, 1.54) is 0 Å². The van der Waals surface area contributed by atoms with Gasteiger partial charge in [0, 0.05) is 0 Å². The second-order valence-corrected chi connectivity index (χ2v) is 6.87. The summed E-state index contributed by atoms with van der Waals surface area (Å²) in [5.41, 5.74) is 1.28. The lowest BCUT2D eigenvalue weighted by Crippen LogP contribution is -2.34. The lowest BCUT2D eigenvalue weighted by molar-refractivity contribution is 0.0656. The van der Waals surface area contributed by atoms with Crippen LogP contribution in [-0.2, 0) is 18.8 Å². The van der Waals surface area contributed by atoms with Crippen LogP contribution in [0.15, 0.2) is 24.3 Å². The van der Waals surface area contributed by atoms with E-state index in [0.717, 1.165) is 5.56 Å². The van der Waals surface area contributed by atoms with Crippen molar-refractivity contribution in [1.29, 1.82) is 0 Å². The van der Waals surface area contributed by atoms with E-state index in [1.807, 2.05) is 26.0 Å². The van der Waals surface area contributed by atoms with Crippen LogP contribution in [0.2, 0.25) is 0 Å². The summed E-state index contributed by atoms with van der Waals surface area (Å²) in [6.45, 7) is 5.91. The van der Waals surface area contributed by atoms with E-state index in [1.54, 1.807) is 19.1 Å². The smallest absolute Gasteiger partial charge is 0.387 e. The van der Waals surface area contributed by atoms with E-state index >= 15 is 0 Å². The molecule has 4 nitrogen and oxygen atoms in total. The highest BCUT2D eigenvalue weighted by atomic mass is 31.2. The molecule has 0 saturated carbocycles. The molecule has 0 N–H and O–H groups in total. The molecule has 1 atom stereocenters. The molecule has 1 unspecified atom stereocenters. The van der Waals surface area contributed by atoms with E-state index in [9.17, 15) is 9.36 Å². The molecule has 1 aliphatic heterocycles. The SMILES string of the molecule is CCOP1(=O)OC(=O)c2ccccc2C1(CC)CC. The minimum atomic E-state index is -3.49. The summed E-state index contributed by atoms with van der Waals surface area (Å²) in [5, 5.41) is -0.729. The number of benzene rings is 1. The molecule has 104 valence electrons. The second-order valence-electron chi connectivity index (χ2n) is 4.58. The first kappa shape index (κ1) is 14.3. The normalized spacial score (nSPS) is 24.7. The van der Waals surface area contributed by atoms with Crippen LogP contribution in [0.5, 0.6) is 0 Å². The third-order valence-corrected chi connectivity index (χ3v) is 6.77. The molecule has 1 heterocycles. The minimum Gasteiger partial charge on any atom is -0.387 e. The van der Waals surface area contributed by atoms with E-state index in [0.29, 0.717) is 18.4 Å². The number of hydrogen-bond donors (Lipinski definition) is 0. The van der Waals surface area contributed by atoms with Crippen LogP contribution >= 0.6 is 7.60 Å². The average molecular weight is 282 g/mol.